The van der Waals surface area contributed by atoms with Crippen molar-refractivity contribution in [3.63, 3.8) is 0 Å². The quantitative estimate of drug-likeness (QED) is 0.548. The molecule has 0 radical (unpaired) electrons. The molecule has 33 heavy (non-hydrogen) atoms. The van der Waals surface area contributed by atoms with Gasteiger partial charge in [0.15, 0.2) is 5.13 Å². The molecule has 1 aromatic heterocycles. The molecule has 0 unspecified atom stereocenters. The van der Waals surface area contributed by atoms with Gasteiger partial charge in [0.05, 0.1) is 18.1 Å². The molecule has 0 aromatic carbocycles. The third kappa shape index (κ3) is 3.84. The van der Waals surface area contributed by atoms with Crippen molar-refractivity contribution in [1.82, 2.24) is 14.8 Å². The number of rotatable bonds is 6. The summed E-state index contributed by atoms with van der Waals surface area (Å²) in [5, 5.41) is 22.6. The number of carboxylic acids is 1. The van der Waals surface area contributed by atoms with Crippen molar-refractivity contribution < 1.29 is 24.6 Å². The third-order valence-corrected chi connectivity index (χ3v) is 10.0. The molecule has 2 N–H and O–H groups in total. The molecule has 3 saturated heterocycles. The van der Waals surface area contributed by atoms with E-state index in [2.05, 4.69) is 9.88 Å². The first-order valence-electron chi connectivity index (χ1n) is 11.0. The summed E-state index contributed by atoms with van der Waals surface area (Å²) in [4.78, 5) is 47.7. The summed E-state index contributed by atoms with van der Waals surface area (Å²) in [6, 6.07) is -0.289. The largest absolute Gasteiger partial charge is 0.477 e. The lowest BCUT2D eigenvalue weighted by Crippen LogP contribution is -2.63. The van der Waals surface area contributed by atoms with Gasteiger partial charge in [-0.2, -0.15) is 11.8 Å². The second-order valence-electron chi connectivity index (χ2n) is 8.84. The second kappa shape index (κ2) is 8.79. The van der Waals surface area contributed by atoms with Crippen LogP contribution >= 0.6 is 34.9 Å². The topological polar surface area (TPSA) is 114 Å². The smallest absolute Gasteiger partial charge is 0.353 e. The van der Waals surface area contributed by atoms with Crippen LogP contribution in [0.1, 0.15) is 24.3 Å². The molecule has 4 atom stereocenters. The second-order valence-corrected chi connectivity index (χ2v) is 12.2. The van der Waals surface area contributed by atoms with Crippen molar-refractivity contribution in [3.8, 4) is 0 Å². The predicted octanol–water partition coefficient (Wildman–Crippen LogP) is 1.41. The molecular weight excluding hydrogens is 484 g/mol. The van der Waals surface area contributed by atoms with Gasteiger partial charge in [0.1, 0.15) is 11.4 Å². The minimum Gasteiger partial charge on any atom is -0.477 e. The number of thiazole rings is 1. The maximum atomic E-state index is 12.7. The first kappa shape index (κ1) is 23.0. The fourth-order valence-electron chi connectivity index (χ4n) is 4.96. The summed E-state index contributed by atoms with van der Waals surface area (Å²) in [6.07, 6.45) is -0.801. The fraction of sp³-hybridized carbons (Fsp3) is 0.619. The molecule has 4 aliphatic rings. The Morgan fingerprint density at radius 3 is 2.61 bits per heavy atom. The number of anilines is 1. The van der Waals surface area contributed by atoms with Gasteiger partial charge in [-0.3, -0.25) is 9.59 Å². The van der Waals surface area contributed by atoms with Crippen LogP contribution in [0.25, 0.3) is 0 Å². The first-order valence-corrected chi connectivity index (χ1v) is 13.9. The van der Waals surface area contributed by atoms with Gasteiger partial charge in [-0.15, -0.1) is 23.1 Å². The van der Waals surface area contributed by atoms with Crippen LogP contribution in [0.15, 0.2) is 16.0 Å². The molecule has 5 rings (SSSR count). The van der Waals surface area contributed by atoms with Crippen molar-refractivity contribution in [2.24, 2.45) is 11.8 Å². The van der Waals surface area contributed by atoms with Crippen molar-refractivity contribution >= 4 is 57.8 Å². The van der Waals surface area contributed by atoms with E-state index < -0.39 is 18.0 Å². The van der Waals surface area contributed by atoms with E-state index in [0.717, 1.165) is 29.7 Å². The van der Waals surface area contributed by atoms with E-state index in [9.17, 15) is 24.6 Å². The number of carbonyl (C=O) groups is 3. The molecule has 0 saturated carbocycles. The van der Waals surface area contributed by atoms with Gasteiger partial charge in [0.2, 0.25) is 5.91 Å². The maximum Gasteiger partial charge on any atom is 0.353 e. The van der Waals surface area contributed by atoms with Crippen LogP contribution in [-0.4, -0.2) is 97.9 Å². The van der Waals surface area contributed by atoms with Crippen molar-refractivity contribution in [1.29, 1.82) is 0 Å². The van der Waals surface area contributed by atoms with Crippen molar-refractivity contribution in [2.75, 3.05) is 42.6 Å². The fourth-order valence-corrected chi connectivity index (χ4v) is 8.21. The number of β-lactam (4-membered cyclic amide) rings is 1. The molecule has 2 amide bonds. The monoisotopic (exact) mass is 510 g/mol. The Hall–Kier alpha value is -1.76. The Morgan fingerprint density at radius 2 is 1.97 bits per heavy atom. The maximum absolute atomic E-state index is 12.7. The van der Waals surface area contributed by atoms with E-state index in [1.807, 2.05) is 29.0 Å². The molecule has 1 aromatic rings. The van der Waals surface area contributed by atoms with E-state index in [0.29, 0.717) is 23.7 Å². The molecule has 178 valence electrons. The Bertz CT molecular complexity index is 1020. The molecule has 4 aliphatic heterocycles. The lowest BCUT2D eigenvalue weighted by Gasteiger charge is -2.46. The number of thioether (sulfide) groups is 2. The highest BCUT2D eigenvalue weighted by molar-refractivity contribution is 8.03. The number of carbonyl (C=O) groups excluding carboxylic acids is 2. The van der Waals surface area contributed by atoms with Gasteiger partial charge in [-0.1, -0.05) is 6.92 Å². The minimum atomic E-state index is -1.10. The summed E-state index contributed by atoms with van der Waals surface area (Å²) in [5.41, 5.74) is 0.560. The number of aliphatic hydroxyl groups is 1. The standard InChI is InChI=1S/C21H26N4O5S3/c1-10-15-14(11(2)26)19(28)25(15)16(20(29)30)17(10)33-12-7-24(8-12)21-22-13(9-32-21)18(27)23-3-5-31-6-4-23/h9-12,14-15,26H,3-8H2,1-2H3,(H,29,30)/t10-,11-,14-,15-/m1/s1. The van der Waals surface area contributed by atoms with Gasteiger partial charge in [-0.25, -0.2) is 9.78 Å². The zero-order valence-electron chi connectivity index (χ0n) is 18.3. The van der Waals surface area contributed by atoms with Gasteiger partial charge in [-0.05, 0) is 6.92 Å². The molecule has 12 heteroatoms. The molecule has 5 heterocycles. The lowest BCUT2D eigenvalue weighted by molar-refractivity contribution is -0.163. The Balaban J connectivity index is 1.23. The van der Waals surface area contributed by atoms with Gasteiger partial charge >= 0.3 is 5.97 Å². The van der Waals surface area contributed by atoms with Crippen LogP contribution in [0.5, 0.6) is 0 Å². The molecule has 0 aliphatic carbocycles. The molecule has 9 nitrogen and oxygen atoms in total. The van der Waals surface area contributed by atoms with E-state index >= 15 is 0 Å². The normalized spacial score (nSPS) is 28.5. The summed E-state index contributed by atoms with van der Waals surface area (Å²) in [6.45, 7) is 6.44. The number of aliphatic carboxylic acids is 1. The Labute approximate surface area is 204 Å². The average molecular weight is 511 g/mol. The van der Waals surface area contributed by atoms with E-state index in [1.165, 1.54) is 28.0 Å². The van der Waals surface area contributed by atoms with E-state index in [4.69, 9.17) is 0 Å². The number of aliphatic hydroxyl groups excluding tert-OH is 1. The van der Waals surface area contributed by atoms with Crippen LogP contribution in [-0.2, 0) is 9.59 Å². The summed E-state index contributed by atoms with van der Waals surface area (Å²) >= 11 is 4.83. The molecule has 0 spiro atoms. The summed E-state index contributed by atoms with van der Waals surface area (Å²) < 4.78 is 0. The van der Waals surface area contributed by atoms with Gasteiger partial charge in [0, 0.05) is 59.1 Å². The minimum absolute atomic E-state index is 0.0119. The van der Waals surface area contributed by atoms with E-state index in [-0.39, 0.29) is 34.7 Å². The van der Waals surface area contributed by atoms with E-state index in [1.54, 1.807) is 6.92 Å². The lowest BCUT2D eigenvalue weighted by atomic mass is 9.79. The number of hydrogen-bond acceptors (Lipinski definition) is 9. The number of aromatic nitrogens is 1. The highest BCUT2D eigenvalue weighted by Crippen LogP contribution is 2.52. The highest BCUT2D eigenvalue weighted by Gasteiger charge is 2.60. The number of hydrogen-bond donors (Lipinski definition) is 2. The van der Waals surface area contributed by atoms with Crippen LogP contribution in [0.3, 0.4) is 0 Å². The van der Waals surface area contributed by atoms with Crippen LogP contribution in [0.4, 0.5) is 5.13 Å². The SMILES string of the molecule is C[C@@H](O)[C@H]1C(=O)N2C(C(=O)O)=C(SC3CN(c4nc(C(=O)N5CCSCC5)cs4)C3)[C@H](C)[C@H]12. The Kier molecular flexibility index (Phi) is 6.13. The van der Waals surface area contributed by atoms with Crippen molar-refractivity contribution in [2.45, 2.75) is 31.2 Å². The number of nitrogens with zero attached hydrogens (tertiary/aromatic N) is 4. The first-order chi connectivity index (χ1) is 15.8. The summed E-state index contributed by atoms with van der Waals surface area (Å²) in [7, 11) is 0. The highest BCUT2D eigenvalue weighted by atomic mass is 32.2. The number of amides is 2. The molecular formula is C21H26N4O5S3. The molecule has 0 bridgehead atoms. The zero-order valence-corrected chi connectivity index (χ0v) is 20.8. The zero-order chi connectivity index (χ0) is 23.4. The number of carboxylic acid groups (broad SMARTS) is 1. The summed E-state index contributed by atoms with van der Waals surface area (Å²) in [5.74, 6) is -0.168. The Morgan fingerprint density at radius 1 is 1.27 bits per heavy atom. The van der Waals surface area contributed by atoms with Crippen LogP contribution in [0.2, 0.25) is 0 Å². The third-order valence-electron chi connectivity index (χ3n) is 6.73. The van der Waals surface area contributed by atoms with Gasteiger partial charge < -0.3 is 24.9 Å². The predicted molar refractivity (Wildman–Crippen MR) is 129 cm³/mol. The van der Waals surface area contributed by atoms with Crippen molar-refractivity contribution in [3.05, 3.63) is 21.7 Å². The van der Waals surface area contributed by atoms with Crippen LogP contribution in [0, 0.1) is 11.8 Å². The number of fused-ring (bicyclic) bond motifs is 1. The van der Waals surface area contributed by atoms with Gasteiger partial charge in [0.25, 0.3) is 5.91 Å². The average Bonchev–Trinajstić information content (AvgIpc) is 3.32. The van der Waals surface area contributed by atoms with Crippen LogP contribution < -0.4 is 4.90 Å². The molecule has 3 fully saturated rings.